The molecule has 0 saturated carbocycles. The van der Waals surface area contributed by atoms with E-state index in [0.717, 1.165) is 11.4 Å². The lowest BCUT2D eigenvalue weighted by Gasteiger charge is -2.18. The van der Waals surface area contributed by atoms with Gasteiger partial charge in [-0.05, 0) is 40.2 Å². The molecule has 0 aliphatic heterocycles. The summed E-state index contributed by atoms with van der Waals surface area (Å²) in [6.45, 7) is 7.38. The first-order valence-electron chi connectivity index (χ1n) is 6.66. The van der Waals surface area contributed by atoms with Gasteiger partial charge in [0, 0.05) is 17.9 Å². The second-order valence-corrected chi connectivity index (χ2v) is 6.45. The Bertz CT molecular complexity index is 512. The average Bonchev–Trinajstić information content (AvgIpc) is 2.35. The number of hydrogen-bond acceptors (Lipinski definition) is 5. The molecule has 1 rings (SSSR count). The standard InChI is InChI=1S/C14H21N3O3S/c1-9-7-10(2)17-13(16-9)21-8-11(18)15-6-5-14(3,4)12(19)20/h7H,5-6,8H2,1-4H3,(H,15,18)(H,19,20). The van der Waals surface area contributed by atoms with Crippen molar-refractivity contribution in [3.8, 4) is 0 Å². The number of aromatic nitrogens is 2. The van der Waals surface area contributed by atoms with E-state index in [4.69, 9.17) is 5.11 Å². The number of carboxylic acids is 1. The van der Waals surface area contributed by atoms with Crippen molar-refractivity contribution in [1.29, 1.82) is 0 Å². The number of carbonyl (C=O) groups is 2. The molecule has 0 atom stereocenters. The normalized spacial score (nSPS) is 11.2. The topological polar surface area (TPSA) is 92.2 Å². The molecular formula is C14H21N3O3S. The highest BCUT2D eigenvalue weighted by atomic mass is 32.2. The van der Waals surface area contributed by atoms with Crippen LogP contribution in [0.15, 0.2) is 11.2 Å². The van der Waals surface area contributed by atoms with Crippen molar-refractivity contribution in [2.75, 3.05) is 12.3 Å². The van der Waals surface area contributed by atoms with E-state index in [-0.39, 0.29) is 11.7 Å². The van der Waals surface area contributed by atoms with Crippen molar-refractivity contribution in [2.24, 2.45) is 5.41 Å². The van der Waals surface area contributed by atoms with E-state index in [0.29, 0.717) is 18.1 Å². The molecule has 2 N–H and O–H groups in total. The minimum atomic E-state index is -0.866. The van der Waals surface area contributed by atoms with E-state index in [1.165, 1.54) is 11.8 Å². The highest BCUT2D eigenvalue weighted by Gasteiger charge is 2.26. The Kier molecular flexibility index (Phi) is 6.14. The second-order valence-electron chi connectivity index (χ2n) is 5.51. The van der Waals surface area contributed by atoms with E-state index < -0.39 is 11.4 Å². The molecule has 0 fully saturated rings. The lowest BCUT2D eigenvalue weighted by molar-refractivity contribution is -0.147. The molecular weight excluding hydrogens is 290 g/mol. The van der Waals surface area contributed by atoms with Crippen LogP contribution >= 0.6 is 11.8 Å². The van der Waals surface area contributed by atoms with Crippen LogP contribution in [0.25, 0.3) is 0 Å². The monoisotopic (exact) mass is 311 g/mol. The summed E-state index contributed by atoms with van der Waals surface area (Å²) in [4.78, 5) is 31.1. The molecule has 0 aliphatic rings. The van der Waals surface area contributed by atoms with E-state index in [9.17, 15) is 9.59 Å². The zero-order valence-electron chi connectivity index (χ0n) is 12.8. The summed E-state index contributed by atoms with van der Waals surface area (Å²) in [6.07, 6.45) is 0.388. The van der Waals surface area contributed by atoms with Gasteiger partial charge >= 0.3 is 5.97 Å². The Hall–Kier alpha value is -1.63. The first kappa shape index (κ1) is 17.4. The molecule has 6 nitrogen and oxygen atoms in total. The zero-order chi connectivity index (χ0) is 16.0. The molecule has 1 amide bonds. The molecule has 0 aliphatic carbocycles. The fourth-order valence-corrected chi connectivity index (χ4v) is 2.34. The number of aryl methyl sites for hydroxylation is 2. The number of carbonyl (C=O) groups excluding carboxylic acids is 1. The lowest BCUT2D eigenvalue weighted by Crippen LogP contribution is -2.32. The highest BCUT2D eigenvalue weighted by molar-refractivity contribution is 7.99. The molecule has 0 radical (unpaired) electrons. The third kappa shape index (κ3) is 6.12. The van der Waals surface area contributed by atoms with Crippen molar-refractivity contribution in [1.82, 2.24) is 15.3 Å². The fraction of sp³-hybridized carbons (Fsp3) is 0.571. The molecule has 116 valence electrons. The number of rotatable bonds is 7. The van der Waals surface area contributed by atoms with Crippen LogP contribution in [-0.4, -0.2) is 39.2 Å². The van der Waals surface area contributed by atoms with Gasteiger partial charge in [-0.25, -0.2) is 9.97 Å². The summed E-state index contributed by atoms with van der Waals surface area (Å²) in [5, 5.41) is 12.3. The van der Waals surface area contributed by atoms with Gasteiger partial charge in [-0.15, -0.1) is 0 Å². The van der Waals surface area contributed by atoms with Gasteiger partial charge in [-0.2, -0.15) is 0 Å². The van der Waals surface area contributed by atoms with Crippen LogP contribution in [-0.2, 0) is 9.59 Å². The predicted octanol–water partition coefficient (Wildman–Crippen LogP) is 1.80. The predicted molar refractivity (Wildman–Crippen MR) is 81.3 cm³/mol. The first-order chi connectivity index (χ1) is 9.70. The Morgan fingerprint density at radius 3 is 2.38 bits per heavy atom. The highest BCUT2D eigenvalue weighted by Crippen LogP contribution is 2.19. The molecule has 0 bridgehead atoms. The van der Waals surface area contributed by atoms with E-state index in [2.05, 4.69) is 15.3 Å². The quantitative estimate of drug-likeness (QED) is 0.589. The maximum absolute atomic E-state index is 11.7. The van der Waals surface area contributed by atoms with Crippen LogP contribution in [0.3, 0.4) is 0 Å². The van der Waals surface area contributed by atoms with Gasteiger partial charge in [0.1, 0.15) is 0 Å². The van der Waals surface area contributed by atoms with Crippen LogP contribution in [0.2, 0.25) is 0 Å². The third-order valence-corrected chi connectivity index (χ3v) is 3.79. The van der Waals surface area contributed by atoms with Crippen LogP contribution < -0.4 is 5.32 Å². The Morgan fingerprint density at radius 2 is 1.86 bits per heavy atom. The van der Waals surface area contributed by atoms with Gasteiger partial charge in [0.05, 0.1) is 11.2 Å². The Balaban J connectivity index is 2.36. The van der Waals surface area contributed by atoms with Crippen LogP contribution in [0.4, 0.5) is 0 Å². The minimum absolute atomic E-state index is 0.149. The Labute approximate surface area is 128 Å². The van der Waals surface area contributed by atoms with Crippen molar-refractivity contribution in [2.45, 2.75) is 39.3 Å². The van der Waals surface area contributed by atoms with Crippen molar-refractivity contribution < 1.29 is 14.7 Å². The van der Waals surface area contributed by atoms with Crippen LogP contribution in [0.1, 0.15) is 31.7 Å². The van der Waals surface area contributed by atoms with E-state index in [1.807, 2.05) is 19.9 Å². The third-order valence-electron chi connectivity index (χ3n) is 2.95. The second kappa shape index (κ2) is 7.40. The van der Waals surface area contributed by atoms with Crippen molar-refractivity contribution in [3.63, 3.8) is 0 Å². The number of amides is 1. The largest absolute Gasteiger partial charge is 0.481 e. The van der Waals surface area contributed by atoms with Crippen LogP contribution in [0, 0.1) is 19.3 Å². The summed E-state index contributed by atoms with van der Waals surface area (Å²) in [5.41, 5.74) is 0.902. The molecule has 7 heteroatoms. The van der Waals surface area contributed by atoms with Gasteiger partial charge < -0.3 is 10.4 Å². The first-order valence-corrected chi connectivity index (χ1v) is 7.64. The summed E-state index contributed by atoms with van der Waals surface area (Å²) < 4.78 is 0. The summed E-state index contributed by atoms with van der Waals surface area (Å²) in [6, 6.07) is 1.87. The number of nitrogens with zero attached hydrogens (tertiary/aromatic N) is 2. The Morgan fingerprint density at radius 1 is 1.29 bits per heavy atom. The fourth-order valence-electron chi connectivity index (χ4n) is 1.56. The van der Waals surface area contributed by atoms with Crippen LogP contribution in [0.5, 0.6) is 0 Å². The number of hydrogen-bond donors (Lipinski definition) is 2. The summed E-state index contributed by atoms with van der Waals surface area (Å²) >= 11 is 1.27. The zero-order valence-corrected chi connectivity index (χ0v) is 13.6. The SMILES string of the molecule is Cc1cc(C)nc(SCC(=O)NCCC(C)(C)C(=O)O)n1. The molecule has 21 heavy (non-hydrogen) atoms. The summed E-state index contributed by atoms with van der Waals surface area (Å²) in [5.74, 6) is -0.796. The minimum Gasteiger partial charge on any atom is -0.481 e. The number of carboxylic acid groups (broad SMARTS) is 1. The number of thioether (sulfide) groups is 1. The number of aliphatic carboxylic acids is 1. The van der Waals surface area contributed by atoms with Gasteiger partial charge in [0.15, 0.2) is 5.16 Å². The molecule has 0 spiro atoms. The maximum atomic E-state index is 11.7. The summed E-state index contributed by atoms with van der Waals surface area (Å²) in [7, 11) is 0. The average molecular weight is 311 g/mol. The van der Waals surface area contributed by atoms with Gasteiger partial charge in [0.2, 0.25) is 5.91 Å². The van der Waals surface area contributed by atoms with E-state index in [1.54, 1.807) is 13.8 Å². The van der Waals surface area contributed by atoms with Gasteiger partial charge in [0.25, 0.3) is 0 Å². The molecule has 1 heterocycles. The lowest BCUT2D eigenvalue weighted by atomic mass is 9.90. The van der Waals surface area contributed by atoms with E-state index >= 15 is 0 Å². The smallest absolute Gasteiger partial charge is 0.309 e. The van der Waals surface area contributed by atoms with Gasteiger partial charge in [-0.1, -0.05) is 11.8 Å². The van der Waals surface area contributed by atoms with Gasteiger partial charge in [-0.3, -0.25) is 9.59 Å². The molecule has 1 aromatic rings. The molecule has 1 aromatic heterocycles. The molecule has 0 saturated heterocycles. The maximum Gasteiger partial charge on any atom is 0.309 e. The van der Waals surface area contributed by atoms with Crippen molar-refractivity contribution >= 4 is 23.6 Å². The number of nitrogens with one attached hydrogen (secondary N) is 1. The molecule has 0 aromatic carbocycles. The van der Waals surface area contributed by atoms with Crippen molar-refractivity contribution in [3.05, 3.63) is 17.5 Å². The molecule has 0 unspecified atom stereocenters.